The number of alkyl carbamates (subject to hydrolysis) is 2. The van der Waals surface area contributed by atoms with E-state index in [4.69, 9.17) is 28.9 Å². The number of benzene rings is 4. The number of fused-ring (bicyclic) bond motifs is 6. The number of likely N-dealkylation sites (tertiary alicyclic amines) is 1. The van der Waals surface area contributed by atoms with E-state index in [-0.39, 0.29) is 23.8 Å². The molecule has 0 radical (unpaired) electrons. The van der Waals surface area contributed by atoms with Gasteiger partial charge in [-0.05, 0) is 83.5 Å². The molecule has 4 amide bonds. The SMILES string of the molecule is CC[C@@H](c1nc2c(ccc3cc4c(cc32)OCc2cc(-c3cnc([C@@H]5CCCN5C(=O)[C@@H](NC(=O)OC)C(C)C)[nH]3)ccc2-4)[nH]1)N(CCCOC)C(=O)[C@H](NC(=O)OC)c1ccccc1. The number of imidazole rings is 2. The van der Waals surface area contributed by atoms with E-state index in [9.17, 15) is 19.2 Å². The minimum absolute atomic E-state index is 0.126. The highest BCUT2D eigenvalue weighted by Gasteiger charge is 2.38. The number of aromatic amines is 2. The lowest BCUT2D eigenvalue weighted by atomic mass is 9.92. The molecule has 0 aliphatic carbocycles. The van der Waals surface area contributed by atoms with Gasteiger partial charge in [0.05, 0.1) is 49.2 Å². The van der Waals surface area contributed by atoms with Crippen molar-refractivity contribution in [3.05, 3.63) is 102 Å². The zero-order chi connectivity index (χ0) is 45.8. The summed E-state index contributed by atoms with van der Waals surface area (Å²) < 4.78 is 21.5. The zero-order valence-electron chi connectivity index (χ0n) is 37.6. The van der Waals surface area contributed by atoms with Gasteiger partial charge in [0.1, 0.15) is 36.1 Å². The van der Waals surface area contributed by atoms with Gasteiger partial charge in [-0.25, -0.2) is 19.6 Å². The number of H-pyrrole nitrogens is 2. The lowest BCUT2D eigenvalue weighted by Crippen LogP contribution is -2.51. The molecule has 0 bridgehead atoms. The number of carbonyl (C=O) groups is 4. The maximum atomic E-state index is 14.5. The standard InChI is InChI=1S/C49H56N8O8/c1-7-38(56(21-12-22-62-4)47(59)42(55-49(61)64-6)29-13-9-8-10-14-29)45-51-36-19-17-30-24-35-33-18-16-31(23-32(33)27-65-40(35)25-34(30)43(36)53-45)37-26-50-44(52-37)39-15-11-20-57(39)46(58)41(28(2)3)54-48(60)63-5/h8-10,13-14,16-19,23-26,28,38-39,41-42H,7,11-12,15,20-22,27H2,1-6H3,(H,50,52)(H,51,53)(H,54,60)(H,55,61)/t38-,39-,41-,42+/m0/s1. The van der Waals surface area contributed by atoms with Gasteiger partial charge in [0.15, 0.2) is 0 Å². The lowest BCUT2D eigenvalue weighted by molar-refractivity contribution is -0.137. The summed E-state index contributed by atoms with van der Waals surface area (Å²) in [5.41, 5.74) is 7.06. The second kappa shape index (κ2) is 19.4. The van der Waals surface area contributed by atoms with Gasteiger partial charge in [-0.1, -0.05) is 69.3 Å². The van der Waals surface area contributed by atoms with Crippen LogP contribution in [0.5, 0.6) is 5.75 Å². The zero-order valence-corrected chi connectivity index (χ0v) is 37.6. The molecule has 4 atom stereocenters. The summed E-state index contributed by atoms with van der Waals surface area (Å²) in [6.07, 6.45) is 3.18. The van der Waals surface area contributed by atoms with Crippen LogP contribution >= 0.6 is 0 Å². The van der Waals surface area contributed by atoms with Gasteiger partial charge in [0.25, 0.3) is 5.91 Å². The van der Waals surface area contributed by atoms with Gasteiger partial charge in [-0.15, -0.1) is 0 Å². The fourth-order valence-electron chi connectivity index (χ4n) is 9.11. The molecule has 8 rings (SSSR count). The summed E-state index contributed by atoms with van der Waals surface area (Å²) in [5, 5.41) is 7.36. The first-order chi connectivity index (χ1) is 31.5. The molecule has 16 heteroatoms. The highest BCUT2D eigenvalue weighted by molar-refractivity contribution is 6.07. The number of hydrogen-bond acceptors (Lipinski definition) is 10. The quantitative estimate of drug-likeness (QED) is 0.0732. The molecule has 4 N–H and O–H groups in total. The molecule has 65 heavy (non-hydrogen) atoms. The maximum absolute atomic E-state index is 14.5. The van der Waals surface area contributed by atoms with Crippen molar-refractivity contribution in [2.45, 2.75) is 77.2 Å². The molecule has 0 unspecified atom stereocenters. The number of amides is 4. The summed E-state index contributed by atoms with van der Waals surface area (Å²) in [4.78, 5) is 73.3. The molecular weight excluding hydrogens is 829 g/mol. The van der Waals surface area contributed by atoms with Crippen LogP contribution in [-0.2, 0) is 30.4 Å². The number of carbonyl (C=O) groups excluding carboxylic acids is 4. The van der Waals surface area contributed by atoms with Crippen molar-refractivity contribution in [3.8, 4) is 28.1 Å². The molecule has 4 aromatic carbocycles. The Balaban J connectivity index is 1.06. The van der Waals surface area contributed by atoms with Gasteiger partial charge in [0, 0.05) is 37.8 Å². The average Bonchev–Trinajstić information content (AvgIpc) is 4.12. The predicted molar refractivity (Wildman–Crippen MR) is 245 cm³/mol. The Kier molecular flexibility index (Phi) is 13.4. The molecule has 1 fully saturated rings. The Morgan fingerprint density at radius 3 is 2.46 bits per heavy atom. The van der Waals surface area contributed by atoms with E-state index in [0.29, 0.717) is 56.4 Å². The number of nitrogens with one attached hydrogen (secondary N) is 4. The fourth-order valence-corrected chi connectivity index (χ4v) is 9.11. The minimum Gasteiger partial charge on any atom is -0.488 e. The third-order valence-corrected chi connectivity index (χ3v) is 12.5. The van der Waals surface area contributed by atoms with Crippen molar-refractivity contribution >= 4 is 45.8 Å². The van der Waals surface area contributed by atoms with Crippen LogP contribution in [0.3, 0.4) is 0 Å². The van der Waals surface area contributed by atoms with Gasteiger partial charge < -0.3 is 49.3 Å². The topological polar surface area (TPSA) is 193 Å². The van der Waals surface area contributed by atoms with Crippen LogP contribution in [0.1, 0.15) is 87.4 Å². The van der Waals surface area contributed by atoms with Crippen LogP contribution in [0.15, 0.2) is 79.0 Å². The number of ether oxygens (including phenoxy) is 4. The van der Waals surface area contributed by atoms with E-state index in [0.717, 1.165) is 68.3 Å². The molecule has 2 aliphatic heterocycles. The molecular formula is C49H56N8O8. The van der Waals surface area contributed by atoms with Gasteiger partial charge in [0.2, 0.25) is 5.91 Å². The Morgan fingerprint density at radius 1 is 0.938 bits per heavy atom. The van der Waals surface area contributed by atoms with E-state index in [1.165, 1.54) is 14.2 Å². The smallest absolute Gasteiger partial charge is 0.407 e. The van der Waals surface area contributed by atoms with E-state index >= 15 is 0 Å². The predicted octanol–water partition coefficient (Wildman–Crippen LogP) is 8.12. The van der Waals surface area contributed by atoms with Crippen molar-refractivity contribution in [1.82, 2.24) is 40.4 Å². The van der Waals surface area contributed by atoms with Gasteiger partial charge >= 0.3 is 12.2 Å². The minimum atomic E-state index is -0.980. The van der Waals surface area contributed by atoms with E-state index < -0.39 is 30.3 Å². The number of rotatable bonds is 15. The largest absolute Gasteiger partial charge is 0.488 e. The molecule has 16 nitrogen and oxygen atoms in total. The molecule has 4 heterocycles. The summed E-state index contributed by atoms with van der Waals surface area (Å²) in [7, 11) is 4.19. The Labute approximate surface area is 377 Å². The first kappa shape index (κ1) is 44.7. The van der Waals surface area contributed by atoms with Crippen LogP contribution in [0.2, 0.25) is 0 Å². The second-order valence-corrected chi connectivity index (χ2v) is 16.8. The average molecular weight is 885 g/mol. The lowest BCUT2D eigenvalue weighted by Gasteiger charge is -2.33. The van der Waals surface area contributed by atoms with Crippen LogP contribution in [0.4, 0.5) is 9.59 Å². The third-order valence-electron chi connectivity index (χ3n) is 12.5. The van der Waals surface area contributed by atoms with E-state index in [1.807, 2.05) is 63.2 Å². The first-order valence-corrected chi connectivity index (χ1v) is 22.1. The first-order valence-electron chi connectivity index (χ1n) is 22.1. The van der Waals surface area contributed by atoms with E-state index in [1.54, 1.807) is 23.1 Å². The van der Waals surface area contributed by atoms with Crippen molar-refractivity contribution < 1.29 is 38.1 Å². The number of hydrogen-bond donors (Lipinski definition) is 4. The fraction of sp³-hybridized carbons (Fsp3) is 0.388. The maximum Gasteiger partial charge on any atom is 0.407 e. The molecule has 2 aliphatic rings. The summed E-state index contributed by atoms with van der Waals surface area (Å²) >= 11 is 0. The number of methoxy groups -OCH3 is 3. The van der Waals surface area contributed by atoms with E-state index in [2.05, 4.69) is 50.9 Å². The second-order valence-electron chi connectivity index (χ2n) is 16.8. The Hall–Kier alpha value is -6.94. The summed E-state index contributed by atoms with van der Waals surface area (Å²) in [6, 6.07) is 21.3. The Morgan fingerprint density at radius 2 is 1.72 bits per heavy atom. The highest BCUT2D eigenvalue weighted by Crippen LogP contribution is 2.43. The molecule has 2 aromatic heterocycles. The van der Waals surface area contributed by atoms with Gasteiger partial charge in [-0.2, -0.15) is 0 Å². The molecule has 6 aromatic rings. The molecule has 0 spiro atoms. The molecule has 1 saturated heterocycles. The summed E-state index contributed by atoms with van der Waals surface area (Å²) in [6.45, 7) is 7.56. The van der Waals surface area contributed by atoms with Crippen molar-refractivity contribution in [2.24, 2.45) is 5.92 Å². The van der Waals surface area contributed by atoms with Crippen LogP contribution in [0.25, 0.3) is 44.2 Å². The monoisotopic (exact) mass is 884 g/mol. The Bertz CT molecular complexity index is 2700. The molecule has 340 valence electrons. The van der Waals surface area contributed by atoms with Crippen LogP contribution in [-0.4, -0.2) is 101 Å². The normalized spacial score (nSPS) is 15.7. The van der Waals surface area contributed by atoms with Gasteiger partial charge in [-0.3, -0.25) is 9.59 Å². The molecule has 0 saturated carbocycles. The number of nitrogens with zero attached hydrogens (tertiary/aromatic N) is 4. The summed E-state index contributed by atoms with van der Waals surface area (Å²) in [5.74, 6) is 1.51. The highest BCUT2D eigenvalue weighted by atomic mass is 16.5. The van der Waals surface area contributed by atoms with Crippen LogP contribution in [0, 0.1) is 5.92 Å². The van der Waals surface area contributed by atoms with Crippen molar-refractivity contribution in [2.75, 3.05) is 41.0 Å². The van der Waals surface area contributed by atoms with Crippen molar-refractivity contribution in [1.29, 1.82) is 0 Å². The van der Waals surface area contributed by atoms with Crippen molar-refractivity contribution in [3.63, 3.8) is 0 Å². The van der Waals surface area contributed by atoms with Crippen LogP contribution < -0.4 is 15.4 Å². The number of aromatic nitrogens is 4. The third kappa shape index (κ3) is 9.08.